The Morgan fingerprint density at radius 3 is 2.38 bits per heavy atom. The first-order chi connectivity index (χ1) is 19.5. The number of hydrogen-bond acceptors (Lipinski definition) is 6. The van der Waals surface area contributed by atoms with Crippen molar-refractivity contribution in [2.75, 3.05) is 12.4 Å². The van der Waals surface area contributed by atoms with Crippen LogP contribution in [-0.4, -0.2) is 32.8 Å². The van der Waals surface area contributed by atoms with Crippen LogP contribution in [0.25, 0.3) is 10.9 Å². The van der Waals surface area contributed by atoms with Crippen molar-refractivity contribution in [2.24, 2.45) is 0 Å². The lowest BCUT2D eigenvalue weighted by molar-refractivity contribution is 0.102. The van der Waals surface area contributed by atoms with Crippen molar-refractivity contribution in [1.82, 2.24) is 14.5 Å². The van der Waals surface area contributed by atoms with Gasteiger partial charge in [-0.1, -0.05) is 64.5 Å². The molecule has 5 aromatic rings. The third-order valence-electron chi connectivity index (χ3n) is 6.76. The monoisotopic (exact) mass is 597 g/mol. The molecule has 0 saturated carbocycles. The molecule has 0 aliphatic heterocycles. The summed E-state index contributed by atoms with van der Waals surface area (Å²) in [5.41, 5.74) is 4.50. The van der Waals surface area contributed by atoms with Crippen molar-refractivity contribution in [3.05, 3.63) is 129 Å². The summed E-state index contributed by atoms with van der Waals surface area (Å²) >= 11 is 3.20. The van der Waals surface area contributed by atoms with E-state index in [4.69, 9.17) is 14.5 Å². The molecule has 0 radical (unpaired) electrons. The molecule has 0 unspecified atom stereocenters. The molecule has 7 nitrogen and oxygen atoms in total. The number of nitrogens with zero attached hydrogens (tertiary/aromatic N) is 3. The number of alkyl halides is 1. The molecule has 202 valence electrons. The van der Waals surface area contributed by atoms with Crippen LogP contribution in [0.1, 0.15) is 38.6 Å². The van der Waals surface area contributed by atoms with E-state index in [2.05, 4.69) is 33.0 Å². The van der Waals surface area contributed by atoms with Crippen LogP contribution in [0.3, 0.4) is 0 Å². The van der Waals surface area contributed by atoms with Crippen molar-refractivity contribution < 1.29 is 14.3 Å². The largest absolute Gasteiger partial charge is 0.497 e. The number of carbonyl (C=O) groups is 1. The lowest BCUT2D eigenvalue weighted by Gasteiger charge is -2.17. The number of Topliss-reactive ketones (excluding diaryl/α,β-unsaturated/α-hetero) is 1. The van der Waals surface area contributed by atoms with E-state index in [-0.39, 0.29) is 41.0 Å². The molecule has 3 aromatic carbocycles. The quantitative estimate of drug-likeness (QED) is 0.147. The van der Waals surface area contributed by atoms with Crippen molar-refractivity contribution in [1.29, 1.82) is 0 Å². The van der Waals surface area contributed by atoms with Gasteiger partial charge in [-0.15, -0.1) is 0 Å². The first-order valence-electron chi connectivity index (χ1n) is 12.8. The van der Waals surface area contributed by atoms with Gasteiger partial charge in [0.25, 0.3) is 5.56 Å². The Balaban J connectivity index is 1.49. The molecule has 8 heteroatoms. The maximum absolute atomic E-state index is 13.8. The standard InChI is InChI=1S/C32H28BrN3O4/c1-21-16-26(39-2)13-10-24(21)19-36-29(35-30-27(32(36)38)14-15-34-31(30)28(37)18-33)20-40-25-11-8-23(9-12-25)17-22-6-4-3-5-7-22/h3-16H,17-20H2,1-2H3. The van der Waals surface area contributed by atoms with Crippen LogP contribution >= 0.6 is 15.9 Å². The highest BCUT2D eigenvalue weighted by Crippen LogP contribution is 2.21. The van der Waals surface area contributed by atoms with E-state index in [1.807, 2.05) is 67.6 Å². The second-order valence-electron chi connectivity index (χ2n) is 9.42. The number of hydrogen-bond donors (Lipinski definition) is 0. The number of carbonyl (C=O) groups excluding carboxylic acids is 1. The van der Waals surface area contributed by atoms with Crippen LogP contribution in [-0.2, 0) is 19.6 Å². The minimum Gasteiger partial charge on any atom is -0.497 e. The average Bonchev–Trinajstić information content (AvgIpc) is 2.99. The third-order valence-corrected chi connectivity index (χ3v) is 7.27. The fourth-order valence-electron chi connectivity index (χ4n) is 4.56. The van der Waals surface area contributed by atoms with Gasteiger partial charge in [-0.25, -0.2) is 4.98 Å². The number of methoxy groups -OCH3 is 1. The van der Waals surface area contributed by atoms with Gasteiger partial charge in [0, 0.05) is 6.20 Å². The van der Waals surface area contributed by atoms with Crippen LogP contribution in [0, 0.1) is 6.92 Å². The zero-order valence-corrected chi connectivity index (χ0v) is 23.8. The van der Waals surface area contributed by atoms with Gasteiger partial charge in [-0.2, -0.15) is 0 Å². The highest BCUT2D eigenvalue weighted by molar-refractivity contribution is 9.09. The molecule has 0 bridgehead atoms. The Morgan fingerprint density at radius 1 is 0.950 bits per heavy atom. The fourth-order valence-corrected chi connectivity index (χ4v) is 4.82. The van der Waals surface area contributed by atoms with Gasteiger partial charge in [-0.05, 0) is 65.9 Å². The highest BCUT2D eigenvalue weighted by atomic mass is 79.9. The summed E-state index contributed by atoms with van der Waals surface area (Å²) in [6, 6.07) is 25.5. The molecule has 0 atom stereocenters. The number of ketones is 1. The van der Waals surface area contributed by atoms with E-state index in [1.54, 1.807) is 17.7 Å². The maximum atomic E-state index is 13.8. The zero-order chi connectivity index (χ0) is 28.1. The number of fused-ring (bicyclic) bond motifs is 1. The maximum Gasteiger partial charge on any atom is 0.261 e. The molecule has 2 aromatic heterocycles. The van der Waals surface area contributed by atoms with Gasteiger partial charge < -0.3 is 9.47 Å². The Hall–Kier alpha value is -4.30. The predicted octanol–water partition coefficient (Wildman–Crippen LogP) is 5.90. The van der Waals surface area contributed by atoms with Gasteiger partial charge in [0.2, 0.25) is 0 Å². The molecule has 0 fully saturated rings. The van der Waals surface area contributed by atoms with Crippen molar-refractivity contribution in [3.8, 4) is 11.5 Å². The van der Waals surface area contributed by atoms with E-state index >= 15 is 0 Å². The molecule has 0 aliphatic rings. The number of ether oxygens (including phenoxy) is 2. The predicted molar refractivity (Wildman–Crippen MR) is 159 cm³/mol. The van der Waals surface area contributed by atoms with E-state index in [1.165, 1.54) is 17.3 Å². The van der Waals surface area contributed by atoms with Gasteiger partial charge in [0.05, 0.1) is 24.4 Å². The summed E-state index contributed by atoms with van der Waals surface area (Å²) in [7, 11) is 1.62. The Labute approximate surface area is 240 Å². The molecule has 0 amide bonds. The molecule has 0 N–H and O–H groups in total. The van der Waals surface area contributed by atoms with E-state index in [9.17, 15) is 9.59 Å². The van der Waals surface area contributed by atoms with Crippen molar-refractivity contribution in [3.63, 3.8) is 0 Å². The first kappa shape index (κ1) is 27.3. The Morgan fingerprint density at radius 2 is 1.68 bits per heavy atom. The molecular formula is C32H28BrN3O4. The summed E-state index contributed by atoms with van der Waals surface area (Å²) in [5, 5.41) is 0.412. The number of aromatic nitrogens is 3. The van der Waals surface area contributed by atoms with Crippen LogP contribution < -0.4 is 15.0 Å². The second kappa shape index (κ2) is 12.3. The fraction of sp³-hybridized carbons (Fsp3) is 0.188. The Bertz CT molecular complexity index is 1720. The second-order valence-corrected chi connectivity index (χ2v) is 9.98. The molecule has 0 spiro atoms. The summed E-state index contributed by atoms with van der Waals surface area (Å²) < 4.78 is 13.1. The Kier molecular flexibility index (Phi) is 8.36. The summed E-state index contributed by atoms with van der Waals surface area (Å²) in [5.74, 6) is 1.55. The summed E-state index contributed by atoms with van der Waals surface area (Å²) in [6.45, 7) is 2.30. The SMILES string of the molecule is COc1ccc(Cn2c(COc3ccc(Cc4ccccc4)cc3)nc3c(C(=O)CBr)nccc3c2=O)c(C)c1. The van der Waals surface area contributed by atoms with E-state index in [0.29, 0.717) is 17.0 Å². The normalized spacial score (nSPS) is 11.0. The van der Waals surface area contributed by atoms with Gasteiger partial charge in [0.1, 0.15) is 29.3 Å². The van der Waals surface area contributed by atoms with Crippen molar-refractivity contribution in [2.45, 2.75) is 26.5 Å². The number of rotatable bonds is 10. The topological polar surface area (TPSA) is 83.3 Å². The number of benzene rings is 3. The molecule has 2 heterocycles. The third kappa shape index (κ3) is 5.97. The molecule has 5 rings (SSSR count). The summed E-state index contributed by atoms with van der Waals surface area (Å²) in [6.07, 6.45) is 2.29. The van der Waals surface area contributed by atoms with Gasteiger partial charge >= 0.3 is 0 Å². The minimum absolute atomic E-state index is 0.0370. The summed E-state index contributed by atoms with van der Waals surface area (Å²) in [4.78, 5) is 35.3. The van der Waals surface area contributed by atoms with Gasteiger partial charge in [0.15, 0.2) is 11.6 Å². The molecule has 40 heavy (non-hydrogen) atoms. The highest BCUT2D eigenvalue weighted by Gasteiger charge is 2.19. The molecular weight excluding hydrogens is 570 g/mol. The van der Waals surface area contributed by atoms with Crippen LogP contribution in [0.2, 0.25) is 0 Å². The number of halogens is 1. The average molecular weight is 598 g/mol. The lowest BCUT2D eigenvalue weighted by Crippen LogP contribution is -2.28. The lowest BCUT2D eigenvalue weighted by atomic mass is 10.1. The number of pyridine rings is 1. The van der Waals surface area contributed by atoms with Crippen molar-refractivity contribution >= 4 is 32.6 Å². The zero-order valence-electron chi connectivity index (χ0n) is 22.3. The first-order valence-corrected chi connectivity index (χ1v) is 14.0. The van der Waals surface area contributed by atoms with Crippen LogP contribution in [0.4, 0.5) is 0 Å². The minimum atomic E-state index is -0.261. The molecule has 0 aliphatic carbocycles. The van der Waals surface area contributed by atoms with Crippen LogP contribution in [0.5, 0.6) is 11.5 Å². The smallest absolute Gasteiger partial charge is 0.261 e. The number of aryl methyl sites for hydroxylation is 1. The van der Waals surface area contributed by atoms with Crippen LogP contribution in [0.15, 0.2) is 89.9 Å². The molecule has 0 saturated heterocycles. The van der Waals surface area contributed by atoms with Gasteiger partial charge in [-0.3, -0.25) is 19.1 Å². The van der Waals surface area contributed by atoms with E-state index < -0.39 is 0 Å². The van der Waals surface area contributed by atoms with E-state index in [0.717, 1.165) is 23.3 Å².